The van der Waals surface area contributed by atoms with Crippen molar-refractivity contribution in [3.63, 3.8) is 0 Å². The van der Waals surface area contributed by atoms with Gasteiger partial charge in [0, 0.05) is 36.2 Å². The Balaban J connectivity index is 1.50. The summed E-state index contributed by atoms with van der Waals surface area (Å²) in [5.74, 6) is -2.42. The highest BCUT2D eigenvalue weighted by atomic mass is 32.2. The number of anilines is 2. The predicted octanol–water partition coefficient (Wildman–Crippen LogP) is 3.44. The van der Waals surface area contributed by atoms with E-state index in [4.69, 9.17) is 0 Å². The van der Waals surface area contributed by atoms with Gasteiger partial charge in [0.25, 0.3) is 10.0 Å². The van der Waals surface area contributed by atoms with Crippen LogP contribution in [0.15, 0.2) is 46.2 Å². The van der Waals surface area contributed by atoms with Gasteiger partial charge in [-0.25, -0.2) is 17.2 Å². The normalized spacial score (nSPS) is 18.6. The van der Waals surface area contributed by atoms with Gasteiger partial charge in [-0.3, -0.25) is 14.3 Å². The van der Waals surface area contributed by atoms with Gasteiger partial charge in [-0.1, -0.05) is 0 Å². The lowest BCUT2D eigenvalue weighted by molar-refractivity contribution is -0.133. The first-order valence-corrected chi connectivity index (χ1v) is 12.5. The number of thioether (sulfide) groups is 1. The van der Waals surface area contributed by atoms with E-state index in [-0.39, 0.29) is 28.8 Å². The van der Waals surface area contributed by atoms with Crippen LogP contribution in [0.5, 0.6) is 0 Å². The standard InChI is InChI=1S/C21H21F2N3O4S2/c22-14-3-5-17(16(23)10-14)25-32(29,30)15-4-6-19-18(11-15)24-21(28)13(12-31-19)9-20(27)26-7-1-2-8-26/h3-6,10-11,13,25H,1-2,7-9,12H2,(H,24,28)/t13-/m1/s1. The number of carbonyl (C=O) groups excluding carboxylic acids is 2. The van der Waals surface area contributed by atoms with Gasteiger partial charge in [-0.05, 0) is 43.2 Å². The van der Waals surface area contributed by atoms with Gasteiger partial charge in [0.1, 0.15) is 11.6 Å². The number of amides is 2. The lowest BCUT2D eigenvalue weighted by atomic mass is 10.1. The molecule has 0 unspecified atom stereocenters. The van der Waals surface area contributed by atoms with E-state index in [9.17, 15) is 26.8 Å². The topological polar surface area (TPSA) is 95.6 Å². The predicted molar refractivity (Wildman–Crippen MR) is 117 cm³/mol. The molecule has 170 valence electrons. The van der Waals surface area contributed by atoms with E-state index in [0.717, 1.165) is 25.0 Å². The highest BCUT2D eigenvalue weighted by molar-refractivity contribution is 7.99. The van der Waals surface area contributed by atoms with Crippen LogP contribution in [0.1, 0.15) is 19.3 Å². The lowest BCUT2D eigenvalue weighted by Crippen LogP contribution is -2.33. The van der Waals surface area contributed by atoms with Crippen LogP contribution in [0.3, 0.4) is 0 Å². The number of rotatable bonds is 5. The molecule has 2 heterocycles. The summed E-state index contributed by atoms with van der Waals surface area (Å²) in [4.78, 5) is 27.4. The van der Waals surface area contributed by atoms with Crippen molar-refractivity contribution in [1.82, 2.24) is 4.90 Å². The molecule has 1 atom stereocenters. The van der Waals surface area contributed by atoms with Gasteiger partial charge >= 0.3 is 0 Å². The van der Waals surface area contributed by atoms with E-state index in [1.807, 2.05) is 0 Å². The molecule has 0 aliphatic carbocycles. The van der Waals surface area contributed by atoms with E-state index >= 15 is 0 Å². The van der Waals surface area contributed by atoms with Gasteiger partial charge in [-0.15, -0.1) is 11.8 Å². The molecule has 4 rings (SSSR count). The summed E-state index contributed by atoms with van der Waals surface area (Å²) in [6.45, 7) is 1.42. The molecule has 2 aromatic rings. The van der Waals surface area contributed by atoms with Crippen LogP contribution in [0.25, 0.3) is 0 Å². The molecule has 0 saturated carbocycles. The van der Waals surface area contributed by atoms with E-state index in [1.165, 1.54) is 23.9 Å². The zero-order valence-corrected chi connectivity index (χ0v) is 18.6. The quantitative estimate of drug-likeness (QED) is 0.682. The lowest BCUT2D eigenvalue weighted by Gasteiger charge is -2.18. The molecule has 32 heavy (non-hydrogen) atoms. The fourth-order valence-corrected chi connectivity index (χ4v) is 5.81. The van der Waals surface area contributed by atoms with Crippen molar-refractivity contribution >= 4 is 45.0 Å². The zero-order valence-electron chi connectivity index (χ0n) is 16.9. The zero-order chi connectivity index (χ0) is 22.9. The number of nitrogens with zero attached hydrogens (tertiary/aromatic N) is 1. The summed E-state index contributed by atoms with van der Waals surface area (Å²) in [6, 6.07) is 6.70. The first-order valence-electron chi connectivity index (χ1n) is 10.1. The van der Waals surface area contributed by atoms with Gasteiger partial charge < -0.3 is 10.2 Å². The van der Waals surface area contributed by atoms with E-state index < -0.39 is 27.6 Å². The number of hydrogen-bond acceptors (Lipinski definition) is 5. The maximum absolute atomic E-state index is 13.9. The molecule has 1 saturated heterocycles. The Hall–Kier alpha value is -2.66. The molecule has 0 spiro atoms. The van der Waals surface area contributed by atoms with Crippen LogP contribution in [0.2, 0.25) is 0 Å². The Morgan fingerprint density at radius 3 is 2.62 bits per heavy atom. The van der Waals surface area contributed by atoms with E-state index in [1.54, 1.807) is 11.0 Å². The number of likely N-dealkylation sites (tertiary alicyclic amines) is 1. The van der Waals surface area contributed by atoms with Crippen LogP contribution in [0.4, 0.5) is 20.2 Å². The van der Waals surface area contributed by atoms with Gasteiger partial charge in [0.2, 0.25) is 11.8 Å². The summed E-state index contributed by atoms with van der Waals surface area (Å²) in [7, 11) is -4.19. The highest BCUT2D eigenvalue weighted by Gasteiger charge is 2.30. The van der Waals surface area contributed by atoms with Crippen LogP contribution in [-0.4, -0.2) is 44.0 Å². The number of sulfonamides is 1. The maximum atomic E-state index is 13.9. The van der Waals surface area contributed by atoms with E-state index in [2.05, 4.69) is 10.0 Å². The van der Waals surface area contributed by atoms with Crippen LogP contribution < -0.4 is 10.0 Å². The molecule has 2 N–H and O–H groups in total. The molecule has 2 amide bonds. The first-order chi connectivity index (χ1) is 15.2. The minimum atomic E-state index is -4.19. The SMILES string of the molecule is O=C1Nc2cc(S(=O)(=O)Nc3ccc(F)cc3F)ccc2SC[C@H]1CC(=O)N1CCCC1. The summed E-state index contributed by atoms with van der Waals surface area (Å²) in [5.41, 5.74) is -0.0844. The minimum absolute atomic E-state index is 0.0528. The second kappa shape index (κ2) is 9.07. The molecule has 7 nitrogen and oxygen atoms in total. The van der Waals surface area contributed by atoms with Crippen molar-refractivity contribution in [3.8, 4) is 0 Å². The molecule has 0 aromatic heterocycles. The maximum Gasteiger partial charge on any atom is 0.262 e. The molecule has 0 radical (unpaired) electrons. The average molecular weight is 482 g/mol. The number of nitrogens with one attached hydrogen (secondary N) is 2. The molecule has 0 bridgehead atoms. The summed E-state index contributed by atoms with van der Waals surface area (Å²) < 4.78 is 54.5. The van der Waals surface area contributed by atoms with Crippen LogP contribution in [0, 0.1) is 17.6 Å². The summed E-state index contributed by atoms with van der Waals surface area (Å²) in [5, 5.41) is 2.72. The fourth-order valence-electron chi connectivity index (χ4n) is 3.63. The van der Waals surface area contributed by atoms with Crippen molar-refractivity contribution in [3.05, 3.63) is 48.0 Å². The van der Waals surface area contributed by atoms with Crippen molar-refractivity contribution in [2.75, 3.05) is 28.9 Å². The largest absolute Gasteiger partial charge is 0.343 e. The van der Waals surface area contributed by atoms with Gasteiger partial charge in [0.05, 0.1) is 22.2 Å². The minimum Gasteiger partial charge on any atom is -0.343 e. The van der Waals surface area contributed by atoms with Crippen molar-refractivity contribution in [1.29, 1.82) is 0 Å². The first kappa shape index (κ1) is 22.5. The Kier molecular flexibility index (Phi) is 6.38. The van der Waals surface area contributed by atoms with Gasteiger partial charge in [-0.2, -0.15) is 0 Å². The number of halogens is 2. The van der Waals surface area contributed by atoms with Crippen molar-refractivity contribution in [2.24, 2.45) is 5.92 Å². The molecule has 2 aliphatic rings. The third kappa shape index (κ3) is 4.88. The Labute approximate surface area is 188 Å². The Morgan fingerprint density at radius 2 is 1.91 bits per heavy atom. The Bertz CT molecular complexity index is 1170. The molecular weight excluding hydrogens is 460 g/mol. The van der Waals surface area contributed by atoms with Crippen molar-refractivity contribution in [2.45, 2.75) is 29.1 Å². The third-order valence-corrected chi connectivity index (χ3v) is 7.98. The summed E-state index contributed by atoms with van der Waals surface area (Å²) >= 11 is 1.36. The average Bonchev–Trinajstić information content (AvgIpc) is 3.23. The smallest absolute Gasteiger partial charge is 0.262 e. The number of benzene rings is 2. The molecular formula is C21H21F2N3O4S2. The molecule has 1 fully saturated rings. The number of hydrogen-bond donors (Lipinski definition) is 2. The second-order valence-electron chi connectivity index (χ2n) is 7.68. The third-order valence-electron chi connectivity index (χ3n) is 5.39. The second-order valence-corrected chi connectivity index (χ2v) is 10.4. The fraction of sp³-hybridized carbons (Fsp3) is 0.333. The summed E-state index contributed by atoms with van der Waals surface area (Å²) in [6.07, 6.45) is 2.04. The van der Waals surface area contributed by atoms with Crippen LogP contribution >= 0.6 is 11.8 Å². The molecule has 11 heteroatoms. The van der Waals surface area contributed by atoms with Crippen molar-refractivity contribution < 1.29 is 26.8 Å². The monoisotopic (exact) mass is 481 g/mol. The highest BCUT2D eigenvalue weighted by Crippen LogP contribution is 2.35. The van der Waals surface area contributed by atoms with E-state index in [0.29, 0.717) is 35.5 Å². The number of fused-ring (bicyclic) bond motifs is 1. The molecule has 2 aliphatic heterocycles. The molecule has 2 aromatic carbocycles. The van der Waals surface area contributed by atoms with Gasteiger partial charge in [0.15, 0.2) is 0 Å². The van der Waals surface area contributed by atoms with Crippen LogP contribution in [-0.2, 0) is 19.6 Å². The Morgan fingerprint density at radius 1 is 1.16 bits per heavy atom. The number of carbonyl (C=O) groups is 2.